The lowest BCUT2D eigenvalue weighted by Gasteiger charge is -2.18. The Morgan fingerprint density at radius 3 is 2.70 bits per heavy atom. The van der Waals surface area contributed by atoms with Crippen molar-refractivity contribution in [2.75, 3.05) is 21.9 Å². The van der Waals surface area contributed by atoms with Crippen molar-refractivity contribution in [2.24, 2.45) is 0 Å². The summed E-state index contributed by atoms with van der Waals surface area (Å²) in [5.74, 6) is 0.438. The van der Waals surface area contributed by atoms with Crippen molar-refractivity contribution in [3.63, 3.8) is 0 Å². The van der Waals surface area contributed by atoms with Gasteiger partial charge < -0.3 is 10.6 Å². The number of nitrogens with zero attached hydrogens (tertiary/aromatic N) is 1. The van der Waals surface area contributed by atoms with Crippen LogP contribution < -0.4 is 14.9 Å². The normalized spacial score (nSPS) is 23.1. The van der Waals surface area contributed by atoms with Crippen molar-refractivity contribution in [1.82, 2.24) is 5.32 Å². The van der Waals surface area contributed by atoms with Crippen LogP contribution in [0.15, 0.2) is 48.5 Å². The van der Waals surface area contributed by atoms with E-state index in [0.717, 1.165) is 12.0 Å². The number of hydrogen-bond donors (Lipinski definition) is 2. The second-order valence-electron chi connectivity index (χ2n) is 6.89. The van der Waals surface area contributed by atoms with E-state index in [2.05, 4.69) is 10.6 Å². The van der Waals surface area contributed by atoms with Crippen LogP contribution in [0.2, 0.25) is 5.02 Å². The van der Waals surface area contributed by atoms with Crippen LogP contribution in [0.5, 0.6) is 0 Å². The van der Waals surface area contributed by atoms with Crippen LogP contribution in [-0.4, -0.2) is 32.8 Å². The van der Waals surface area contributed by atoms with Gasteiger partial charge in [0.05, 0.1) is 11.4 Å². The summed E-state index contributed by atoms with van der Waals surface area (Å²) in [5.41, 5.74) is 2.26. The smallest absolute Gasteiger partial charge is 0.319 e. The van der Waals surface area contributed by atoms with Crippen LogP contribution in [0.4, 0.5) is 16.2 Å². The zero-order valence-electron chi connectivity index (χ0n) is 14.6. The first-order valence-electron chi connectivity index (χ1n) is 8.86. The minimum atomic E-state index is -3.24. The molecule has 2 aliphatic rings. The van der Waals surface area contributed by atoms with Crippen LogP contribution in [0.3, 0.4) is 0 Å². The van der Waals surface area contributed by atoms with Gasteiger partial charge in [-0.1, -0.05) is 29.8 Å². The first-order valence-corrected chi connectivity index (χ1v) is 10.8. The number of anilines is 2. The van der Waals surface area contributed by atoms with E-state index in [4.69, 9.17) is 11.6 Å². The van der Waals surface area contributed by atoms with Gasteiger partial charge in [0.25, 0.3) is 0 Å². The summed E-state index contributed by atoms with van der Waals surface area (Å²) >= 11 is 6.02. The topological polar surface area (TPSA) is 78.5 Å². The Labute approximate surface area is 163 Å². The number of amides is 2. The maximum absolute atomic E-state index is 12.3. The molecule has 0 unspecified atom stereocenters. The molecule has 0 radical (unpaired) electrons. The molecule has 0 spiro atoms. The van der Waals surface area contributed by atoms with E-state index in [1.807, 2.05) is 24.3 Å². The molecule has 0 aromatic heterocycles. The number of halogens is 1. The molecular formula is C19H20ClN3O3S. The first kappa shape index (κ1) is 18.1. The number of carbonyl (C=O) groups is 1. The van der Waals surface area contributed by atoms with Crippen molar-refractivity contribution in [3.8, 4) is 0 Å². The summed E-state index contributed by atoms with van der Waals surface area (Å²) < 4.78 is 25.5. The second kappa shape index (κ2) is 7.05. The van der Waals surface area contributed by atoms with Crippen LogP contribution in [0, 0.1) is 0 Å². The van der Waals surface area contributed by atoms with E-state index < -0.39 is 10.0 Å². The van der Waals surface area contributed by atoms with Gasteiger partial charge in [-0.05, 0) is 48.7 Å². The lowest BCUT2D eigenvalue weighted by atomic mass is 10.1. The number of carbonyl (C=O) groups excluding carboxylic acids is 1. The molecule has 2 fully saturated rings. The summed E-state index contributed by atoms with van der Waals surface area (Å²) in [6, 6.07) is 14.4. The standard InChI is InChI=1S/C19H20ClN3O3S/c20-14-5-1-4-13(10-14)17-12-18(17)22-19(24)21-15-6-2-7-16(11-15)23-8-3-9-27(23,25)26/h1-2,4-7,10-11,17-18H,3,8-9,12H2,(H2,21,22,24)/t17-,18+/m1/s1. The van der Waals surface area contributed by atoms with Crippen molar-refractivity contribution in [1.29, 1.82) is 0 Å². The molecule has 1 aliphatic carbocycles. The highest BCUT2D eigenvalue weighted by atomic mass is 35.5. The van der Waals surface area contributed by atoms with Crippen LogP contribution in [-0.2, 0) is 10.0 Å². The third-order valence-corrected chi connectivity index (χ3v) is 6.98. The number of nitrogens with one attached hydrogen (secondary N) is 2. The van der Waals surface area contributed by atoms with Gasteiger partial charge >= 0.3 is 6.03 Å². The summed E-state index contributed by atoms with van der Waals surface area (Å²) in [5, 5.41) is 6.43. The molecule has 1 aliphatic heterocycles. The molecule has 2 amide bonds. The van der Waals surface area contributed by atoms with Crippen LogP contribution in [0.25, 0.3) is 0 Å². The summed E-state index contributed by atoms with van der Waals surface area (Å²) in [6.45, 7) is 0.474. The monoisotopic (exact) mass is 405 g/mol. The van der Waals surface area contributed by atoms with Crippen molar-refractivity contribution >= 4 is 39.0 Å². The van der Waals surface area contributed by atoms with Gasteiger partial charge in [0, 0.05) is 29.2 Å². The van der Waals surface area contributed by atoms with E-state index in [9.17, 15) is 13.2 Å². The second-order valence-corrected chi connectivity index (χ2v) is 9.34. The van der Waals surface area contributed by atoms with Gasteiger partial charge in [0.1, 0.15) is 0 Å². The number of rotatable bonds is 4. The molecule has 2 aromatic rings. The minimum Gasteiger partial charge on any atom is -0.334 e. The van der Waals surface area contributed by atoms with E-state index in [1.165, 1.54) is 4.31 Å². The SMILES string of the molecule is O=C(Nc1cccc(N2CCCS2(=O)=O)c1)N[C@H]1C[C@@H]1c1cccc(Cl)c1. The molecule has 1 heterocycles. The highest BCUT2D eigenvalue weighted by Crippen LogP contribution is 2.41. The summed E-state index contributed by atoms with van der Waals surface area (Å²) in [6.07, 6.45) is 1.49. The summed E-state index contributed by atoms with van der Waals surface area (Å²) in [7, 11) is -3.24. The zero-order valence-corrected chi connectivity index (χ0v) is 16.1. The Hall–Kier alpha value is -2.25. The number of hydrogen-bond acceptors (Lipinski definition) is 3. The lowest BCUT2D eigenvalue weighted by molar-refractivity contribution is 0.251. The molecule has 142 valence electrons. The number of urea groups is 1. The molecule has 0 bridgehead atoms. The van der Waals surface area contributed by atoms with Crippen LogP contribution >= 0.6 is 11.6 Å². The van der Waals surface area contributed by atoms with Gasteiger partial charge in [0.15, 0.2) is 0 Å². The average molecular weight is 406 g/mol. The molecule has 2 N–H and O–H groups in total. The highest BCUT2D eigenvalue weighted by Gasteiger charge is 2.39. The average Bonchev–Trinajstić information content (AvgIpc) is 3.28. The maximum atomic E-state index is 12.3. The Bertz CT molecular complexity index is 980. The Morgan fingerprint density at radius 1 is 1.15 bits per heavy atom. The van der Waals surface area contributed by atoms with Gasteiger partial charge in [-0.2, -0.15) is 0 Å². The van der Waals surface area contributed by atoms with E-state index in [1.54, 1.807) is 24.3 Å². The number of benzene rings is 2. The maximum Gasteiger partial charge on any atom is 0.319 e. The Kier molecular flexibility index (Phi) is 4.74. The van der Waals surface area contributed by atoms with Gasteiger partial charge in [0.2, 0.25) is 10.0 Å². The molecule has 6 nitrogen and oxygen atoms in total. The molecule has 2 atom stereocenters. The first-order chi connectivity index (χ1) is 12.9. The highest BCUT2D eigenvalue weighted by molar-refractivity contribution is 7.93. The molecule has 1 saturated carbocycles. The predicted molar refractivity (Wildman–Crippen MR) is 107 cm³/mol. The van der Waals surface area contributed by atoms with E-state index in [-0.39, 0.29) is 23.7 Å². The Morgan fingerprint density at radius 2 is 1.96 bits per heavy atom. The van der Waals surface area contributed by atoms with Crippen molar-refractivity contribution < 1.29 is 13.2 Å². The third kappa shape index (κ3) is 4.04. The van der Waals surface area contributed by atoms with Crippen molar-refractivity contribution in [3.05, 3.63) is 59.1 Å². The molecule has 2 aromatic carbocycles. The van der Waals surface area contributed by atoms with Crippen molar-refractivity contribution in [2.45, 2.75) is 24.8 Å². The Balaban J connectivity index is 1.37. The molecule has 1 saturated heterocycles. The lowest BCUT2D eigenvalue weighted by Crippen LogP contribution is -2.31. The fourth-order valence-electron chi connectivity index (χ4n) is 3.46. The van der Waals surface area contributed by atoms with Crippen LogP contribution in [0.1, 0.15) is 24.3 Å². The number of sulfonamides is 1. The van der Waals surface area contributed by atoms with Gasteiger partial charge in [-0.3, -0.25) is 4.31 Å². The van der Waals surface area contributed by atoms with Gasteiger partial charge in [-0.25, -0.2) is 13.2 Å². The quantitative estimate of drug-likeness (QED) is 0.816. The fourth-order valence-corrected chi connectivity index (χ4v) is 5.22. The summed E-state index contributed by atoms with van der Waals surface area (Å²) in [4.78, 5) is 12.3. The largest absolute Gasteiger partial charge is 0.334 e. The predicted octanol–water partition coefficient (Wildman–Crippen LogP) is 3.56. The minimum absolute atomic E-state index is 0.0746. The third-order valence-electron chi connectivity index (χ3n) is 4.88. The zero-order chi connectivity index (χ0) is 19.0. The molecular weight excluding hydrogens is 386 g/mol. The van der Waals surface area contributed by atoms with E-state index >= 15 is 0 Å². The molecule has 27 heavy (non-hydrogen) atoms. The van der Waals surface area contributed by atoms with E-state index in [0.29, 0.717) is 29.4 Å². The molecule has 4 rings (SSSR count). The fraction of sp³-hybridized carbons (Fsp3) is 0.316. The molecule has 8 heteroatoms. The van der Waals surface area contributed by atoms with Gasteiger partial charge in [-0.15, -0.1) is 0 Å².